The molecule has 2 heterocycles. The Hall–Kier alpha value is -2.46. The lowest BCUT2D eigenvalue weighted by Gasteiger charge is -2.14. The summed E-state index contributed by atoms with van der Waals surface area (Å²) in [5, 5.41) is 10.9. The Bertz CT molecular complexity index is 901. The summed E-state index contributed by atoms with van der Waals surface area (Å²) in [5.74, 6) is 1.58. The highest BCUT2D eigenvalue weighted by Crippen LogP contribution is 2.15. The fourth-order valence-electron chi connectivity index (χ4n) is 2.96. The molecular formula is C23H31IN6O. The van der Waals surface area contributed by atoms with Crippen LogP contribution in [0.3, 0.4) is 0 Å². The van der Waals surface area contributed by atoms with Gasteiger partial charge in [0.15, 0.2) is 11.8 Å². The summed E-state index contributed by atoms with van der Waals surface area (Å²) < 4.78 is 7.68. The average Bonchev–Trinajstić information content (AvgIpc) is 3.33. The van der Waals surface area contributed by atoms with Crippen LogP contribution in [-0.2, 0) is 11.3 Å². The van der Waals surface area contributed by atoms with E-state index in [-0.39, 0.29) is 30.1 Å². The van der Waals surface area contributed by atoms with Crippen LogP contribution in [0.15, 0.2) is 72.1 Å². The van der Waals surface area contributed by atoms with Crippen LogP contribution in [0.25, 0.3) is 5.82 Å². The smallest absolute Gasteiger partial charge is 0.191 e. The summed E-state index contributed by atoms with van der Waals surface area (Å²) >= 11 is 0. The molecule has 0 saturated carbocycles. The first-order valence-electron chi connectivity index (χ1n) is 10.4. The molecule has 0 aliphatic heterocycles. The largest absolute Gasteiger partial charge is 0.374 e. The lowest BCUT2D eigenvalue weighted by molar-refractivity contribution is 0.0646. The van der Waals surface area contributed by atoms with Crippen molar-refractivity contribution in [1.82, 2.24) is 25.4 Å². The van der Waals surface area contributed by atoms with Crippen molar-refractivity contribution in [2.75, 3.05) is 19.7 Å². The number of nitrogens with zero attached hydrogens (tertiary/aromatic N) is 4. The molecule has 0 bridgehead atoms. The Morgan fingerprint density at radius 2 is 1.97 bits per heavy atom. The number of hydrogen-bond acceptors (Lipinski definition) is 4. The molecule has 0 saturated heterocycles. The van der Waals surface area contributed by atoms with Gasteiger partial charge in [-0.05, 0) is 49.6 Å². The molecule has 0 aliphatic carbocycles. The molecule has 31 heavy (non-hydrogen) atoms. The van der Waals surface area contributed by atoms with Crippen molar-refractivity contribution >= 4 is 29.9 Å². The third kappa shape index (κ3) is 8.29. The molecule has 0 radical (unpaired) electrons. The molecule has 0 spiro atoms. The normalized spacial score (nSPS) is 12.1. The summed E-state index contributed by atoms with van der Waals surface area (Å²) in [6, 6.07) is 16.1. The van der Waals surface area contributed by atoms with Crippen molar-refractivity contribution in [3.8, 4) is 5.82 Å². The van der Waals surface area contributed by atoms with Gasteiger partial charge >= 0.3 is 0 Å². The molecule has 0 amide bonds. The van der Waals surface area contributed by atoms with Crippen molar-refractivity contribution in [3.63, 3.8) is 0 Å². The van der Waals surface area contributed by atoms with Gasteiger partial charge in [-0.15, -0.1) is 24.0 Å². The zero-order valence-corrected chi connectivity index (χ0v) is 20.4. The first-order valence-corrected chi connectivity index (χ1v) is 10.4. The highest BCUT2D eigenvalue weighted by molar-refractivity contribution is 14.0. The molecular weight excluding hydrogens is 503 g/mol. The van der Waals surface area contributed by atoms with E-state index in [0.717, 1.165) is 36.9 Å². The summed E-state index contributed by atoms with van der Waals surface area (Å²) in [6.07, 6.45) is 6.41. The lowest BCUT2D eigenvalue weighted by atomic mass is 10.1. The van der Waals surface area contributed by atoms with E-state index in [1.54, 1.807) is 17.1 Å². The predicted octanol–water partition coefficient (Wildman–Crippen LogP) is 4.11. The van der Waals surface area contributed by atoms with Gasteiger partial charge in [-0.3, -0.25) is 0 Å². The number of ether oxygens (including phenoxy) is 1. The minimum absolute atomic E-state index is 0. The SMILES string of the molecule is CCNC(=NCc1ccnc(-n2cccn2)c1)NCCCOC(C)c1ccccc1.I. The summed E-state index contributed by atoms with van der Waals surface area (Å²) in [4.78, 5) is 9.04. The van der Waals surface area contributed by atoms with Crippen LogP contribution in [0.1, 0.15) is 37.5 Å². The summed E-state index contributed by atoms with van der Waals surface area (Å²) in [5.41, 5.74) is 2.28. The van der Waals surface area contributed by atoms with Gasteiger partial charge < -0.3 is 15.4 Å². The van der Waals surface area contributed by atoms with Gasteiger partial charge in [-0.2, -0.15) is 5.10 Å². The Morgan fingerprint density at radius 3 is 2.71 bits per heavy atom. The van der Waals surface area contributed by atoms with E-state index >= 15 is 0 Å². The summed E-state index contributed by atoms with van der Waals surface area (Å²) in [7, 11) is 0. The Balaban J connectivity index is 0.00000341. The number of aromatic nitrogens is 3. The van der Waals surface area contributed by atoms with Gasteiger partial charge in [0.1, 0.15) is 0 Å². The molecule has 3 aromatic rings. The number of aliphatic imine (C=N–C) groups is 1. The van der Waals surface area contributed by atoms with Gasteiger partial charge in [0.05, 0.1) is 12.6 Å². The van der Waals surface area contributed by atoms with Gasteiger partial charge in [-0.25, -0.2) is 14.7 Å². The molecule has 7 nitrogen and oxygen atoms in total. The fourth-order valence-corrected chi connectivity index (χ4v) is 2.96. The second kappa shape index (κ2) is 13.8. The zero-order valence-electron chi connectivity index (χ0n) is 18.1. The minimum Gasteiger partial charge on any atom is -0.374 e. The zero-order chi connectivity index (χ0) is 21.0. The van der Waals surface area contributed by atoms with E-state index in [0.29, 0.717) is 13.2 Å². The quantitative estimate of drug-likeness (QED) is 0.177. The van der Waals surface area contributed by atoms with E-state index < -0.39 is 0 Å². The van der Waals surface area contributed by atoms with Crippen LogP contribution < -0.4 is 10.6 Å². The van der Waals surface area contributed by atoms with Crippen LogP contribution in [0, 0.1) is 0 Å². The number of nitrogens with one attached hydrogen (secondary N) is 2. The van der Waals surface area contributed by atoms with Gasteiger partial charge in [-0.1, -0.05) is 30.3 Å². The fraction of sp³-hybridized carbons (Fsp3) is 0.348. The topological polar surface area (TPSA) is 76.4 Å². The monoisotopic (exact) mass is 534 g/mol. The lowest BCUT2D eigenvalue weighted by Crippen LogP contribution is -2.38. The second-order valence-corrected chi connectivity index (χ2v) is 6.87. The molecule has 1 unspecified atom stereocenters. The molecule has 2 N–H and O–H groups in total. The highest BCUT2D eigenvalue weighted by Gasteiger charge is 2.05. The van der Waals surface area contributed by atoms with Crippen molar-refractivity contribution in [1.29, 1.82) is 0 Å². The van der Waals surface area contributed by atoms with E-state index in [1.165, 1.54) is 5.56 Å². The molecule has 1 aromatic carbocycles. The van der Waals surface area contributed by atoms with Crippen LogP contribution in [-0.4, -0.2) is 40.4 Å². The second-order valence-electron chi connectivity index (χ2n) is 6.87. The molecule has 0 fully saturated rings. The molecule has 1 atom stereocenters. The maximum absolute atomic E-state index is 5.93. The number of pyridine rings is 1. The number of benzene rings is 1. The third-order valence-electron chi connectivity index (χ3n) is 4.56. The third-order valence-corrected chi connectivity index (χ3v) is 4.56. The maximum Gasteiger partial charge on any atom is 0.191 e. The van der Waals surface area contributed by atoms with Crippen LogP contribution in [0.2, 0.25) is 0 Å². The van der Waals surface area contributed by atoms with Crippen molar-refractivity contribution < 1.29 is 4.74 Å². The van der Waals surface area contributed by atoms with E-state index in [1.807, 2.05) is 42.6 Å². The number of rotatable bonds is 10. The molecule has 166 valence electrons. The Morgan fingerprint density at radius 1 is 1.13 bits per heavy atom. The van der Waals surface area contributed by atoms with Crippen molar-refractivity contribution in [2.24, 2.45) is 4.99 Å². The number of hydrogen-bond donors (Lipinski definition) is 2. The van der Waals surface area contributed by atoms with E-state index in [2.05, 4.69) is 51.7 Å². The molecule has 0 aliphatic rings. The molecule has 3 rings (SSSR count). The standard InChI is InChI=1S/C23H30N6O.HI/c1-3-24-23(26-12-8-16-30-19(2)21-9-5-4-6-10-21)27-18-20-11-14-25-22(17-20)29-15-7-13-28-29;/h4-7,9-11,13-15,17,19H,3,8,12,16,18H2,1-2H3,(H2,24,26,27);1H. The van der Waals surface area contributed by atoms with Gasteiger partial charge in [0, 0.05) is 38.3 Å². The molecule has 2 aromatic heterocycles. The molecule has 8 heteroatoms. The number of guanidine groups is 1. The first-order chi connectivity index (χ1) is 14.8. The Kier molecular flexibility index (Phi) is 11.0. The van der Waals surface area contributed by atoms with Crippen LogP contribution >= 0.6 is 24.0 Å². The highest BCUT2D eigenvalue weighted by atomic mass is 127. The van der Waals surface area contributed by atoms with Crippen molar-refractivity contribution in [3.05, 3.63) is 78.2 Å². The summed E-state index contributed by atoms with van der Waals surface area (Å²) in [6.45, 7) is 7.00. The maximum atomic E-state index is 5.93. The van der Waals surface area contributed by atoms with Gasteiger partial charge in [0.25, 0.3) is 0 Å². The van der Waals surface area contributed by atoms with E-state index in [4.69, 9.17) is 4.74 Å². The first kappa shape index (κ1) is 24.8. The van der Waals surface area contributed by atoms with Gasteiger partial charge in [0.2, 0.25) is 0 Å². The average molecular weight is 534 g/mol. The number of halogens is 1. The predicted molar refractivity (Wildman–Crippen MR) is 135 cm³/mol. The van der Waals surface area contributed by atoms with E-state index in [9.17, 15) is 0 Å². The van der Waals surface area contributed by atoms with Crippen LogP contribution in [0.4, 0.5) is 0 Å². The van der Waals surface area contributed by atoms with Crippen molar-refractivity contribution in [2.45, 2.75) is 32.9 Å². The van der Waals surface area contributed by atoms with Crippen LogP contribution in [0.5, 0.6) is 0 Å². The Labute approximate surface area is 201 Å². The minimum atomic E-state index is 0.